The molecule has 0 radical (unpaired) electrons. The molecule has 2 aromatic heterocycles. The van der Waals surface area contributed by atoms with Crippen molar-refractivity contribution in [2.75, 3.05) is 5.32 Å². The van der Waals surface area contributed by atoms with Crippen molar-refractivity contribution in [3.8, 4) is 0 Å². The highest BCUT2D eigenvalue weighted by molar-refractivity contribution is 7.18. The first-order valence-electron chi connectivity index (χ1n) is 6.45. The van der Waals surface area contributed by atoms with Crippen molar-refractivity contribution in [3.05, 3.63) is 46.9 Å². The van der Waals surface area contributed by atoms with Crippen LogP contribution >= 0.6 is 11.3 Å². The molecule has 3 rings (SSSR count). The number of benzene rings is 1. The summed E-state index contributed by atoms with van der Waals surface area (Å²) in [6.07, 6.45) is 0.769. The first-order valence-corrected chi connectivity index (χ1v) is 7.27. The summed E-state index contributed by atoms with van der Waals surface area (Å²) in [7, 11) is 0. The number of nitrogens with one attached hydrogen (secondary N) is 1. The van der Waals surface area contributed by atoms with Gasteiger partial charge in [0.1, 0.15) is 22.3 Å². The van der Waals surface area contributed by atoms with Crippen molar-refractivity contribution >= 4 is 33.1 Å². The molecular formula is C15H14FN3S. The highest BCUT2D eigenvalue weighted by Crippen LogP contribution is 2.30. The number of hydrogen-bond donors (Lipinski definition) is 1. The summed E-state index contributed by atoms with van der Waals surface area (Å²) in [5.74, 6) is 1.26. The molecule has 0 saturated carbocycles. The summed E-state index contributed by atoms with van der Waals surface area (Å²) >= 11 is 1.64. The lowest BCUT2D eigenvalue weighted by molar-refractivity contribution is 0.628. The zero-order valence-electron chi connectivity index (χ0n) is 11.3. The maximum Gasteiger partial charge on any atom is 0.142 e. The molecule has 1 N–H and O–H groups in total. The molecule has 20 heavy (non-hydrogen) atoms. The van der Waals surface area contributed by atoms with E-state index in [1.165, 1.54) is 17.0 Å². The molecule has 102 valence electrons. The Morgan fingerprint density at radius 2 is 2.10 bits per heavy atom. The van der Waals surface area contributed by atoms with E-state index in [0.29, 0.717) is 5.69 Å². The van der Waals surface area contributed by atoms with Crippen LogP contribution in [0.1, 0.15) is 17.6 Å². The van der Waals surface area contributed by atoms with Gasteiger partial charge in [-0.05, 0) is 31.2 Å². The number of fused-ring (bicyclic) bond motifs is 1. The second kappa shape index (κ2) is 5.17. The van der Waals surface area contributed by atoms with Gasteiger partial charge in [0.15, 0.2) is 0 Å². The van der Waals surface area contributed by atoms with E-state index < -0.39 is 0 Å². The fourth-order valence-electron chi connectivity index (χ4n) is 2.04. The third kappa shape index (κ3) is 2.49. The Balaban J connectivity index is 2.09. The summed E-state index contributed by atoms with van der Waals surface area (Å²) < 4.78 is 13.3. The Hall–Kier alpha value is -2.01. The molecule has 0 amide bonds. The van der Waals surface area contributed by atoms with Gasteiger partial charge in [0, 0.05) is 17.0 Å². The maximum absolute atomic E-state index is 13.3. The van der Waals surface area contributed by atoms with Crippen molar-refractivity contribution in [1.82, 2.24) is 9.97 Å². The fraction of sp³-hybridized carbons (Fsp3) is 0.200. The van der Waals surface area contributed by atoms with Crippen LogP contribution in [-0.2, 0) is 6.42 Å². The topological polar surface area (TPSA) is 37.8 Å². The van der Waals surface area contributed by atoms with E-state index in [1.54, 1.807) is 17.4 Å². The number of aryl methyl sites for hydroxylation is 2. The molecule has 0 aliphatic heterocycles. The molecular weight excluding hydrogens is 273 g/mol. The molecule has 0 fully saturated rings. The highest BCUT2D eigenvalue weighted by atomic mass is 32.1. The quantitative estimate of drug-likeness (QED) is 0.773. The van der Waals surface area contributed by atoms with Crippen molar-refractivity contribution in [3.63, 3.8) is 0 Å². The molecule has 0 atom stereocenters. The zero-order valence-corrected chi connectivity index (χ0v) is 12.1. The number of aromatic nitrogens is 2. The predicted octanol–water partition coefficient (Wildman–Crippen LogP) is 4.44. The van der Waals surface area contributed by atoms with Crippen LogP contribution in [0.5, 0.6) is 0 Å². The van der Waals surface area contributed by atoms with Crippen LogP contribution in [0.15, 0.2) is 30.3 Å². The van der Waals surface area contributed by atoms with Gasteiger partial charge in [-0.3, -0.25) is 0 Å². The lowest BCUT2D eigenvalue weighted by Gasteiger charge is -2.08. The van der Waals surface area contributed by atoms with Gasteiger partial charge in [0.05, 0.1) is 5.39 Å². The van der Waals surface area contributed by atoms with Gasteiger partial charge in [0.2, 0.25) is 0 Å². The Morgan fingerprint density at radius 1 is 1.25 bits per heavy atom. The van der Waals surface area contributed by atoms with E-state index >= 15 is 0 Å². The normalized spacial score (nSPS) is 10.9. The summed E-state index contributed by atoms with van der Waals surface area (Å²) in [6.45, 7) is 4.07. The number of halogens is 1. The van der Waals surface area contributed by atoms with Gasteiger partial charge >= 0.3 is 0 Å². The minimum atomic E-state index is -0.266. The average Bonchev–Trinajstić information content (AvgIpc) is 2.79. The van der Waals surface area contributed by atoms with E-state index in [9.17, 15) is 4.39 Å². The van der Waals surface area contributed by atoms with Crippen LogP contribution in [0.25, 0.3) is 10.2 Å². The van der Waals surface area contributed by atoms with Crippen LogP contribution in [0.4, 0.5) is 15.9 Å². The minimum Gasteiger partial charge on any atom is -0.339 e. The largest absolute Gasteiger partial charge is 0.339 e. The summed E-state index contributed by atoms with van der Waals surface area (Å²) in [6, 6.07) is 8.43. The summed E-state index contributed by atoms with van der Waals surface area (Å²) in [5, 5.41) is 4.17. The van der Waals surface area contributed by atoms with Crippen LogP contribution in [-0.4, -0.2) is 9.97 Å². The smallest absolute Gasteiger partial charge is 0.142 e. The molecule has 0 spiro atoms. The number of hydrogen-bond acceptors (Lipinski definition) is 4. The minimum absolute atomic E-state index is 0.266. The number of anilines is 2. The Kier molecular flexibility index (Phi) is 3.36. The lowest BCUT2D eigenvalue weighted by Crippen LogP contribution is -1.99. The average molecular weight is 287 g/mol. The SMILES string of the molecule is CCc1nc(Nc2cccc(F)c2)c2cc(C)sc2n1. The van der Waals surface area contributed by atoms with Crippen LogP contribution in [0, 0.1) is 12.7 Å². The van der Waals surface area contributed by atoms with Crippen molar-refractivity contribution in [2.45, 2.75) is 20.3 Å². The van der Waals surface area contributed by atoms with Crippen LogP contribution in [0.3, 0.4) is 0 Å². The summed E-state index contributed by atoms with van der Waals surface area (Å²) in [5.41, 5.74) is 0.691. The Morgan fingerprint density at radius 3 is 2.85 bits per heavy atom. The highest BCUT2D eigenvalue weighted by Gasteiger charge is 2.10. The fourth-order valence-corrected chi connectivity index (χ4v) is 2.94. The van der Waals surface area contributed by atoms with Crippen LogP contribution in [0.2, 0.25) is 0 Å². The van der Waals surface area contributed by atoms with Gasteiger partial charge in [-0.25, -0.2) is 14.4 Å². The van der Waals surface area contributed by atoms with Gasteiger partial charge in [-0.15, -0.1) is 11.3 Å². The number of nitrogens with zero attached hydrogens (tertiary/aromatic N) is 2. The lowest BCUT2D eigenvalue weighted by atomic mass is 10.3. The molecule has 0 aliphatic rings. The molecule has 1 aromatic carbocycles. The van der Waals surface area contributed by atoms with Gasteiger partial charge in [0.25, 0.3) is 0 Å². The second-order valence-electron chi connectivity index (χ2n) is 4.55. The van der Waals surface area contributed by atoms with Gasteiger partial charge < -0.3 is 5.32 Å². The first-order chi connectivity index (χ1) is 9.65. The molecule has 5 heteroatoms. The predicted molar refractivity (Wildman–Crippen MR) is 81.2 cm³/mol. The molecule has 0 unspecified atom stereocenters. The molecule has 0 aliphatic carbocycles. The van der Waals surface area contributed by atoms with E-state index in [-0.39, 0.29) is 5.82 Å². The van der Waals surface area contributed by atoms with E-state index in [0.717, 1.165) is 28.3 Å². The van der Waals surface area contributed by atoms with Crippen molar-refractivity contribution < 1.29 is 4.39 Å². The molecule has 2 heterocycles. The number of rotatable bonds is 3. The maximum atomic E-state index is 13.3. The third-order valence-corrected chi connectivity index (χ3v) is 3.91. The standard InChI is InChI=1S/C15H14FN3S/c1-3-13-18-14(12-7-9(2)20-15(12)19-13)17-11-6-4-5-10(16)8-11/h4-8H,3H2,1-2H3,(H,17,18,19). The molecule has 0 bridgehead atoms. The van der Waals surface area contributed by atoms with E-state index in [4.69, 9.17) is 0 Å². The molecule has 0 saturated heterocycles. The van der Waals surface area contributed by atoms with E-state index in [2.05, 4.69) is 21.4 Å². The van der Waals surface area contributed by atoms with Crippen molar-refractivity contribution in [1.29, 1.82) is 0 Å². The molecule has 3 aromatic rings. The number of thiophene rings is 1. The monoisotopic (exact) mass is 287 g/mol. The Labute approximate surface area is 120 Å². The zero-order chi connectivity index (χ0) is 14.1. The molecule has 3 nitrogen and oxygen atoms in total. The third-order valence-electron chi connectivity index (χ3n) is 2.97. The van der Waals surface area contributed by atoms with E-state index in [1.807, 2.05) is 19.9 Å². The van der Waals surface area contributed by atoms with Crippen LogP contribution < -0.4 is 5.32 Å². The van der Waals surface area contributed by atoms with Gasteiger partial charge in [-0.1, -0.05) is 13.0 Å². The Bertz CT molecular complexity index is 767. The van der Waals surface area contributed by atoms with Gasteiger partial charge in [-0.2, -0.15) is 0 Å². The first kappa shape index (κ1) is 13.0. The summed E-state index contributed by atoms with van der Waals surface area (Å²) in [4.78, 5) is 11.2. The second-order valence-corrected chi connectivity index (χ2v) is 5.79. The van der Waals surface area contributed by atoms with Crippen molar-refractivity contribution in [2.24, 2.45) is 0 Å².